The predicted octanol–water partition coefficient (Wildman–Crippen LogP) is -0.0436. The molecule has 0 saturated heterocycles. The number of rotatable bonds is 5. The first-order valence-electron chi connectivity index (χ1n) is 4.89. The first-order chi connectivity index (χ1) is 8.01. The highest BCUT2D eigenvalue weighted by atomic mass is 16.6. The van der Waals surface area contributed by atoms with Crippen molar-refractivity contribution in [3.8, 4) is 5.75 Å². The molecule has 0 bridgehead atoms. The van der Waals surface area contributed by atoms with E-state index in [9.17, 15) is 20.3 Å². The van der Waals surface area contributed by atoms with Gasteiger partial charge >= 0.3 is 0 Å². The first kappa shape index (κ1) is 13.4. The topological polar surface area (TPSA) is 119 Å². The molecule has 1 aromatic rings. The molecular weight excluding hydrogens is 228 g/mol. The van der Waals surface area contributed by atoms with E-state index >= 15 is 0 Å². The number of hydrogen-bond acceptors (Lipinski definition) is 6. The molecule has 0 saturated carbocycles. The van der Waals surface area contributed by atoms with Gasteiger partial charge in [-0.2, -0.15) is 0 Å². The van der Waals surface area contributed by atoms with Gasteiger partial charge in [0.05, 0.1) is 24.2 Å². The minimum Gasteiger partial charge on any atom is -0.496 e. The van der Waals surface area contributed by atoms with E-state index in [0.29, 0.717) is 0 Å². The zero-order chi connectivity index (χ0) is 13.0. The summed E-state index contributed by atoms with van der Waals surface area (Å²) in [5.41, 5.74) is 5.33. The van der Waals surface area contributed by atoms with Gasteiger partial charge in [0.15, 0.2) is 0 Å². The number of hydrogen-bond donors (Lipinski definition) is 3. The number of nitrogens with two attached hydrogens (primary N) is 1. The second kappa shape index (κ2) is 5.58. The molecule has 0 spiro atoms. The Morgan fingerprint density at radius 1 is 1.53 bits per heavy atom. The quantitative estimate of drug-likeness (QED) is 0.492. The minimum absolute atomic E-state index is 0.124. The SMILES string of the molecule is COc1cc([N+](=O)[O-])ccc1C(O)C(O)CN. The van der Waals surface area contributed by atoms with Gasteiger partial charge in [-0.1, -0.05) is 0 Å². The van der Waals surface area contributed by atoms with Gasteiger partial charge in [0.25, 0.3) is 5.69 Å². The van der Waals surface area contributed by atoms with Crippen molar-refractivity contribution in [1.29, 1.82) is 0 Å². The van der Waals surface area contributed by atoms with Crippen LogP contribution in [0.2, 0.25) is 0 Å². The molecule has 94 valence electrons. The zero-order valence-corrected chi connectivity index (χ0v) is 9.24. The third kappa shape index (κ3) is 2.90. The summed E-state index contributed by atoms with van der Waals surface area (Å²) in [6.07, 6.45) is -2.39. The Hall–Kier alpha value is -1.70. The van der Waals surface area contributed by atoms with Crippen LogP contribution in [0.4, 0.5) is 5.69 Å². The van der Waals surface area contributed by atoms with Crippen LogP contribution in [0.25, 0.3) is 0 Å². The van der Waals surface area contributed by atoms with Gasteiger partial charge < -0.3 is 20.7 Å². The fourth-order valence-electron chi connectivity index (χ4n) is 1.39. The molecule has 1 aromatic carbocycles. The fourth-order valence-corrected chi connectivity index (χ4v) is 1.39. The van der Waals surface area contributed by atoms with Gasteiger partial charge in [0.1, 0.15) is 11.9 Å². The van der Waals surface area contributed by atoms with E-state index in [0.717, 1.165) is 0 Å². The van der Waals surface area contributed by atoms with Crippen LogP contribution in [-0.4, -0.2) is 34.9 Å². The normalized spacial score (nSPS) is 14.1. The maximum atomic E-state index is 10.6. The number of benzene rings is 1. The van der Waals surface area contributed by atoms with Gasteiger partial charge in [0.2, 0.25) is 0 Å². The predicted molar refractivity (Wildman–Crippen MR) is 59.7 cm³/mol. The molecule has 0 aliphatic rings. The smallest absolute Gasteiger partial charge is 0.273 e. The van der Waals surface area contributed by atoms with E-state index in [-0.39, 0.29) is 23.5 Å². The van der Waals surface area contributed by atoms with Gasteiger partial charge in [-0.25, -0.2) is 0 Å². The molecule has 1 rings (SSSR count). The first-order valence-corrected chi connectivity index (χ1v) is 4.89. The van der Waals surface area contributed by atoms with Crippen LogP contribution in [-0.2, 0) is 0 Å². The summed E-state index contributed by atoms with van der Waals surface area (Å²) in [4.78, 5) is 9.99. The van der Waals surface area contributed by atoms with Crippen molar-refractivity contribution in [3.63, 3.8) is 0 Å². The lowest BCUT2D eigenvalue weighted by atomic mass is 10.0. The number of aliphatic hydroxyl groups excluding tert-OH is 2. The van der Waals surface area contributed by atoms with Crippen LogP contribution in [0, 0.1) is 10.1 Å². The van der Waals surface area contributed by atoms with Gasteiger partial charge in [0, 0.05) is 18.2 Å². The number of non-ortho nitro benzene ring substituents is 1. The molecule has 2 unspecified atom stereocenters. The maximum Gasteiger partial charge on any atom is 0.273 e. The summed E-state index contributed by atoms with van der Waals surface area (Å²) < 4.78 is 4.94. The Balaban J connectivity index is 3.12. The standard InChI is InChI=1S/C10H14N2O5/c1-17-9-4-6(12(15)16)2-3-7(9)10(14)8(13)5-11/h2-4,8,10,13-14H,5,11H2,1H3. The van der Waals surface area contributed by atoms with Crippen molar-refractivity contribution in [1.82, 2.24) is 0 Å². The molecule has 7 heteroatoms. The molecule has 0 radical (unpaired) electrons. The highest BCUT2D eigenvalue weighted by Gasteiger charge is 2.22. The van der Waals surface area contributed by atoms with Gasteiger partial charge in [-0.3, -0.25) is 10.1 Å². The largest absolute Gasteiger partial charge is 0.496 e. The van der Waals surface area contributed by atoms with Gasteiger partial charge in [-0.05, 0) is 6.07 Å². The number of nitrogens with zero attached hydrogens (tertiary/aromatic N) is 1. The minimum atomic E-state index is -1.24. The molecule has 0 aromatic heterocycles. The lowest BCUT2D eigenvalue weighted by molar-refractivity contribution is -0.385. The van der Waals surface area contributed by atoms with Crippen molar-refractivity contribution in [2.75, 3.05) is 13.7 Å². The molecule has 0 heterocycles. The number of methoxy groups -OCH3 is 1. The number of nitro groups is 1. The Kier molecular flexibility index (Phi) is 4.38. The lowest BCUT2D eigenvalue weighted by Gasteiger charge is -2.18. The van der Waals surface area contributed by atoms with Crippen LogP contribution in [0.3, 0.4) is 0 Å². The maximum absolute atomic E-state index is 10.6. The zero-order valence-electron chi connectivity index (χ0n) is 9.24. The molecule has 4 N–H and O–H groups in total. The Labute approximate surface area is 97.6 Å². The van der Waals surface area contributed by atoms with E-state index in [1.54, 1.807) is 0 Å². The van der Waals surface area contributed by atoms with E-state index in [1.165, 1.54) is 25.3 Å². The number of ether oxygens (including phenoxy) is 1. The second-order valence-corrected chi connectivity index (χ2v) is 3.43. The fraction of sp³-hybridized carbons (Fsp3) is 0.400. The summed E-state index contributed by atoms with van der Waals surface area (Å²) in [5, 5.41) is 29.7. The van der Waals surface area contributed by atoms with E-state index in [2.05, 4.69) is 0 Å². The van der Waals surface area contributed by atoms with E-state index in [4.69, 9.17) is 10.5 Å². The summed E-state index contributed by atoms with van der Waals surface area (Å²) in [6.45, 7) is -0.124. The Morgan fingerprint density at radius 3 is 2.65 bits per heavy atom. The number of nitro benzene ring substituents is 1. The molecule has 0 amide bonds. The summed E-state index contributed by atoms with van der Waals surface area (Å²) in [7, 11) is 1.32. The average molecular weight is 242 g/mol. The van der Waals surface area contributed by atoms with Crippen LogP contribution >= 0.6 is 0 Å². The lowest BCUT2D eigenvalue weighted by Crippen LogP contribution is -2.27. The highest BCUT2D eigenvalue weighted by molar-refractivity contribution is 5.45. The van der Waals surface area contributed by atoms with Crippen LogP contribution in [0.15, 0.2) is 18.2 Å². The highest BCUT2D eigenvalue weighted by Crippen LogP contribution is 2.30. The van der Waals surface area contributed by atoms with Crippen molar-refractivity contribution in [3.05, 3.63) is 33.9 Å². The average Bonchev–Trinajstić information content (AvgIpc) is 2.35. The molecule has 7 nitrogen and oxygen atoms in total. The van der Waals surface area contributed by atoms with Crippen molar-refractivity contribution < 1.29 is 19.9 Å². The van der Waals surface area contributed by atoms with Crippen LogP contribution < -0.4 is 10.5 Å². The molecule has 2 atom stereocenters. The van der Waals surface area contributed by atoms with Crippen LogP contribution in [0.5, 0.6) is 5.75 Å². The summed E-state index contributed by atoms with van der Waals surface area (Å²) in [6, 6.07) is 3.74. The third-order valence-corrected chi connectivity index (χ3v) is 2.35. The van der Waals surface area contributed by atoms with E-state index in [1.807, 2.05) is 0 Å². The van der Waals surface area contributed by atoms with Crippen molar-refractivity contribution >= 4 is 5.69 Å². The molecule has 0 aliphatic carbocycles. The second-order valence-electron chi connectivity index (χ2n) is 3.43. The monoisotopic (exact) mass is 242 g/mol. The van der Waals surface area contributed by atoms with Crippen LogP contribution in [0.1, 0.15) is 11.7 Å². The molecule has 0 aliphatic heterocycles. The van der Waals surface area contributed by atoms with E-state index < -0.39 is 17.1 Å². The Bertz CT molecular complexity index is 410. The van der Waals surface area contributed by atoms with Crippen molar-refractivity contribution in [2.45, 2.75) is 12.2 Å². The molecule has 0 fully saturated rings. The Morgan fingerprint density at radius 2 is 2.18 bits per heavy atom. The molecule has 17 heavy (non-hydrogen) atoms. The van der Waals surface area contributed by atoms with Crippen molar-refractivity contribution in [2.24, 2.45) is 5.73 Å². The number of aliphatic hydroxyl groups is 2. The summed E-state index contributed by atoms with van der Waals surface area (Å²) in [5.74, 6) is 0.138. The molecular formula is C10H14N2O5. The summed E-state index contributed by atoms with van der Waals surface area (Å²) >= 11 is 0. The third-order valence-electron chi connectivity index (χ3n) is 2.35. The van der Waals surface area contributed by atoms with Gasteiger partial charge in [-0.15, -0.1) is 0 Å².